The predicted molar refractivity (Wildman–Crippen MR) is 80.1 cm³/mol. The second-order valence-corrected chi connectivity index (χ2v) is 5.83. The second-order valence-electron chi connectivity index (χ2n) is 5.83. The number of hydrogen-bond donors (Lipinski definition) is 1. The SMILES string of the molecule is CC(C)COC1CCN(C(=O)c2ccc(C(N)=O)cc2)C1. The molecule has 21 heavy (non-hydrogen) atoms. The van der Waals surface area contributed by atoms with Gasteiger partial charge in [-0.15, -0.1) is 0 Å². The third-order valence-electron chi connectivity index (χ3n) is 3.51. The van der Waals surface area contributed by atoms with Crippen molar-refractivity contribution in [3.05, 3.63) is 35.4 Å². The van der Waals surface area contributed by atoms with Crippen molar-refractivity contribution in [2.24, 2.45) is 11.7 Å². The molecule has 5 heteroatoms. The van der Waals surface area contributed by atoms with Gasteiger partial charge in [0.2, 0.25) is 5.91 Å². The Bertz CT molecular complexity index is 511. The van der Waals surface area contributed by atoms with Gasteiger partial charge in [-0.05, 0) is 36.6 Å². The molecule has 0 aromatic heterocycles. The zero-order valence-electron chi connectivity index (χ0n) is 12.5. The highest BCUT2D eigenvalue weighted by Gasteiger charge is 2.27. The zero-order chi connectivity index (χ0) is 15.4. The molecule has 0 saturated carbocycles. The summed E-state index contributed by atoms with van der Waals surface area (Å²) in [5.74, 6) is -0.0184. The Labute approximate surface area is 125 Å². The van der Waals surface area contributed by atoms with E-state index in [0.29, 0.717) is 30.1 Å². The van der Waals surface area contributed by atoms with Crippen LogP contribution in [0.1, 0.15) is 41.0 Å². The van der Waals surface area contributed by atoms with Crippen LogP contribution in [0.2, 0.25) is 0 Å². The molecule has 1 unspecified atom stereocenters. The minimum atomic E-state index is -0.489. The van der Waals surface area contributed by atoms with Crippen LogP contribution in [0.3, 0.4) is 0 Å². The summed E-state index contributed by atoms with van der Waals surface area (Å²) in [4.78, 5) is 25.2. The van der Waals surface area contributed by atoms with Crippen molar-refractivity contribution in [3.8, 4) is 0 Å². The lowest BCUT2D eigenvalue weighted by Crippen LogP contribution is -2.30. The molecular formula is C16H22N2O3. The average molecular weight is 290 g/mol. The van der Waals surface area contributed by atoms with Gasteiger partial charge in [0.25, 0.3) is 5.91 Å². The number of nitrogens with zero attached hydrogens (tertiary/aromatic N) is 1. The molecule has 0 spiro atoms. The number of rotatable bonds is 5. The Morgan fingerprint density at radius 3 is 2.48 bits per heavy atom. The predicted octanol–water partition coefficient (Wildman–Crippen LogP) is 1.67. The molecule has 1 saturated heterocycles. The Hall–Kier alpha value is -1.88. The molecule has 2 N–H and O–H groups in total. The topological polar surface area (TPSA) is 72.6 Å². The maximum atomic E-state index is 12.4. The second kappa shape index (κ2) is 6.72. The molecule has 0 radical (unpaired) electrons. The van der Waals surface area contributed by atoms with E-state index in [1.54, 1.807) is 29.2 Å². The van der Waals surface area contributed by atoms with E-state index in [9.17, 15) is 9.59 Å². The van der Waals surface area contributed by atoms with Crippen LogP contribution in [0.25, 0.3) is 0 Å². The first-order valence-corrected chi connectivity index (χ1v) is 7.28. The van der Waals surface area contributed by atoms with Crippen molar-refractivity contribution in [1.29, 1.82) is 0 Å². The number of carbonyl (C=O) groups is 2. The molecular weight excluding hydrogens is 268 g/mol. The van der Waals surface area contributed by atoms with Crippen molar-refractivity contribution in [3.63, 3.8) is 0 Å². The molecule has 1 aromatic carbocycles. The van der Waals surface area contributed by atoms with Crippen molar-refractivity contribution >= 4 is 11.8 Å². The number of primary amides is 1. The number of benzene rings is 1. The summed E-state index contributed by atoms with van der Waals surface area (Å²) in [5, 5.41) is 0. The van der Waals surface area contributed by atoms with Crippen LogP contribution < -0.4 is 5.73 Å². The number of carbonyl (C=O) groups excluding carboxylic acids is 2. The van der Waals surface area contributed by atoms with Crippen LogP contribution in [0.15, 0.2) is 24.3 Å². The van der Waals surface area contributed by atoms with E-state index in [4.69, 9.17) is 10.5 Å². The standard InChI is InChI=1S/C16H22N2O3/c1-11(2)10-21-14-7-8-18(9-14)16(20)13-5-3-12(4-6-13)15(17)19/h3-6,11,14H,7-10H2,1-2H3,(H2,17,19). The molecule has 2 rings (SSSR count). The van der Waals surface area contributed by atoms with E-state index in [-0.39, 0.29) is 12.0 Å². The van der Waals surface area contributed by atoms with Crippen molar-refractivity contribution in [1.82, 2.24) is 4.90 Å². The van der Waals surface area contributed by atoms with E-state index < -0.39 is 5.91 Å². The van der Waals surface area contributed by atoms with Crippen LogP contribution in [-0.4, -0.2) is 42.5 Å². The Kier molecular flexibility index (Phi) is 4.96. The van der Waals surface area contributed by atoms with Crippen LogP contribution in [0, 0.1) is 5.92 Å². The van der Waals surface area contributed by atoms with Crippen molar-refractivity contribution in [2.45, 2.75) is 26.4 Å². The summed E-state index contributed by atoms with van der Waals surface area (Å²) in [6, 6.07) is 6.45. The normalized spacial score (nSPS) is 18.2. The molecule has 0 aliphatic carbocycles. The van der Waals surface area contributed by atoms with Gasteiger partial charge < -0.3 is 15.4 Å². The number of nitrogens with two attached hydrogens (primary N) is 1. The minimum absolute atomic E-state index is 0.0262. The van der Waals surface area contributed by atoms with E-state index in [2.05, 4.69) is 13.8 Å². The molecule has 1 fully saturated rings. The number of amides is 2. The molecule has 1 atom stereocenters. The van der Waals surface area contributed by atoms with E-state index >= 15 is 0 Å². The summed E-state index contributed by atoms with van der Waals surface area (Å²) in [7, 11) is 0. The van der Waals surface area contributed by atoms with Gasteiger partial charge >= 0.3 is 0 Å². The number of hydrogen-bond acceptors (Lipinski definition) is 3. The fourth-order valence-electron chi connectivity index (χ4n) is 2.34. The number of likely N-dealkylation sites (tertiary alicyclic amines) is 1. The summed E-state index contributed by atoms with van der Waals surface area (Å²) in [6.45, 7) is 6.28. The van der Waals surface area contributed by atoms with Gasteiger partial charge in [0.05, 0.1) is 6.10 Å². The minimum Gasteiger partial charge on any atom is -0.376 e. The highest BCUT2D eigenvalue weighted by Crippen LogP contribution is 2.17. The summed E-state index contributed by atoms with van der Waals surface area (Å²) in [6.07, 6.45) is 0.999. The van der Waals surface area contributed by atoms with Gasteiger partial charge in [0, 0.05) is 30.8 Å². The molecule has 114 valence electrons. The van der Waals surface area contributed by atoms with Gasteiger partial charge in [-0.3, -0.25) is 9.59 Å². The van der Waals surface area contributed by atoms with E-state index in [1.165, 1.54) is 0 Å². The Balaban J connectivity index is 1.93. The Morgan fingerprint density at radius 1 is 1.29 bits per heavy atom. The number of ether oxygens (including phenoxy) is 1. The fourth-order valence-corrected chi connectivity index (χ4v) is 2.34. The lowest BCUT2D eigenvalue weighted by molar-refractivity contribution is 0.0396. The quantitative estimate of drug-likeness (QED) is 0.896. The third kappa shape index (κ3) is 4.04. The molecule has 2 amide bonds. The molecule has 0 bridgehead atoms. The fraction of sp³-hybridized carbons (Fsp3) is 0.500. The summed E-state index contributed by atoms with van der Waals surface area (Å²) < 4.78 is 5.78. The van der Waals surface area contributed by atoms with Gasteiger partial charge in [0.15, 0.2) is 0 Å². The van der Waals surface area contributed by atoms with Gasteiger partial charge in [0.1, 0.15) is 0 Å². The lowest BCUT2D eigenvalue weighted by atomic mass is 10.1. The van der Waals surface area contributed by atoms with Gasteiger partial charge in [-0.2, -0.15) is 0 Å². The zero-order valence-corrected chi connectivity index (χ0v) is 12.5. The van der Waals surface area contributed by atoms with E-state index in [1.807, 2.05) is 0 Å². The molecule has 1 heterocycles. The maximum absolute atomic E-state index is 12.4. The summed E-state index contributed by atoms with van der Waals surface area (Å²) >= 11 is 0. The van der Waals surface area contributed by atoms with E-state index in [0.717, 1.165) is 13.0 Å². The molecule has 1 aromatic rings. The van der Waals surface area contributed by atoms with Crippen LogP contribution >= 0.6 is 0 Å². The maximum Gasteiger partial charge on any atom is 0.253 e. The van der Waals surface area contributed by atoms with Crippen LogP contribution in [0.5, 0.6) is 0 Å². The smallest absolute Gasteiger partial charge is 0.253 e. The van der Waals surface area contributed by atoms with Crippen LogP contribution in [0.4, 0.5) is 0 Å². The summed E-state index contributed by atoms with van der Waals surface area (Å²) in [5.41, 5.74) is 6.17. The molecule has 1 aliphatic heterocycles. The van der Waals surface area contributed by atoms with Gasteiger partial charge in [-0.25, -0.2) is 0 Å². The lowest BCUT2D eigenvalue weighted by Gasteiger charge is -2.17. The highest BCUT2D eigenvalue weighted by atomic mass is 16.5. The monoisotopic (exact) mass is 290 g/mol. The Morgan fingerprint density at radius 2 is 1.90 bits per heavy atom. The van der Waals surface area contributed by atoms with Crippen molar-refractivity contribution < 1.29 is 14.3 Å². The first-order valence-electron chi connectivity index (χ1n) is 7.28. The molecule has 1 aliphatic rings. The van der Waals surface area contributed by atoms with Crippen LogP contribution in [-0.2, 0) is 4.74 Å². The average Bonchev–Trinajstić information content (AvgIpc) is 2.93. The first kappa shape index (κ1) is 15.5. The third-order valence-corrected chi connectivity index (χ3v) is 3.51. The first-order chi connectivity index (χ1) is 9.97. The molecule has 5 nitrogen and oxygen atoms in total. The van der Waals surface area contributed by atoms with Gasteiger partial charge in [-0.1, -0.05) is 13.8 Å². The highest BCUT2D eigenvalue weighted by molar-refractivity contribution is 5.97. The van der Waals surface area contributed by atoms with Crippen molar-refractivity contribution in [2.75, 3.05) is 19.7 Å². The largest absolute Gasteiger partial charge is 0.376 e.